The summed E-state index contributed by atoms with van der Waals surface area (Å²) < 4.78 is 24.4. The van der Waals surface area contributed by atoms with E-state index in [-0.39, 0.29) is 5.82 Å². The average molecular weight is 439 g/mol. The molecule has 4 rings (SSSR count). The van der Waals surface area contributed by atoms with Gasteiger partial charge in [-0.15, -0.1) is 0 Å². The Morgan fingerprint density at radius 1 is 1.06 bits per heavy atom. The molecule has 0 aliphatic carbocycles. The molecular weight excluding hydrogens is 407 g/mol. The Hall–Kier alpha value is -2.93. The molecule has 32 heavy (non-hydrogen) atoms. The SMILES string of the molecule is COc1ccc(CCNC2CCCN(c3nc(C)c4cc(F)ccc4n3)CC2)c(OC)c1. The van der Waals surface area contributed by atoms with E-state index < -0.39 is 0 Å². The molecule has 0 bridgehead atoms. The molecule has 6 nitrogen and oxygen atoms in total. The largest absolute Gasteiger partial charge is 0.497 e. The van der Waals surface area contributed by atoms with Gasteiger partial charge in [0.05, 0.1) is 25.4 Å². The Morgan fingerprint density at radius 2 is 1.94 bits per heavy atom. The van der Waals surface area contributed by atoms with Gasteiger partial charge in [0.15, 0.2) is 0 Å². The topological polar surface area (TPSA) is 59.5 Å². The fourth-order valence-electron chi connectivity index (χ4n) is 4.35. The average Bonchev–Trinajstić information content (AvgIpc) is 3.05. The van der Waals surface area contributed by atoms with E-state index in [1.807, 2.05) is 19.1 Å². The fourth-order valence-corrected chi connectivity index (χ4v) is 4.35. The maximum Gasteiger partial charge on any atom is 0.226 e. The second-order valence-corrected chi connectivity index (χ2v) is 8.27. The predicted molar refractivity (Wildman–Crippen MR) is 125 cm³/mol. The molecule has 170 valence electrons. The zero-order valence-corrected chi connectivity index (χ0v) is 19.0. The van der Waals surface area contributed by atoms with Gasteiger partial charge in [0, 0.05) is 30.6 Å². The third-order valence-corrected chi connectivity index (χ3v) is 6.17. The van der Waals surface area contributed by atoms with Gasteiger partial charge >= 0.3 is 0 Å². The summed E-state index contributed by atoms with van der Waals surface area (Å²) in [6.45, 7) is 4.64. The van der Waals surface area contributed by atoms with Crippen LogP contribution >= 0.6 is 0 Å². The van der Waals surface area contributed by atoms with E-state index in [0.29, 0.717) is 6.04 Å². The van der Waals surface area contributed by atoms with Gasteiger partial charge in [0.25, 0.3) is 0 Å². The predicted octanol–water partition coefficient (Wildman–Crippen LogP) is 4.29. The van der Waals surface area contributed by atoms with Crippen LogP contribution in [0.25, 0.3) is 10.9 Å². The fraction of sp³-hybridized carbons (Fsp3) is 0.440. The van der Waals surface area contributed by atoms with E-state index in [1.54, 1.807) is 20.3 Å². The third-order valence-electron chi connectivity index (χ3n) is 6.17. The van der Waals surface area contributed by atoms with Gasteiger partial charge in [-0.2, -0.15) is 0 Å². The van der Waals surface area contributed by atoms with Crippen molar-refractivity contribution in [3.63, 3.8) is 0 Å². The second kappa shape index (κ2) is 10.1. The maximum atomic E-state index is 13.6. The van der Waals surface area contributed by atoms with Crippen LogP contribution in [-0.2, 0) is 6.42 Å². The van der Waals surface area contributed by atoms with Crippen LogP contribution in [0.3, 0.4) is 0 Å². The van der Waals surface area contributed by atoms with Crippen LogP contribution in [0.5, 0.6) is 11.5 Å². The van der Waals surface area contributed by atoms with Crippen molar-refractivity contribution in [2.75, 3.05) is 38.8 Å². The van der Waals surface area contributed by atoms with Gasteiger partial charge in [-0.3, -0.25) is 0 Å². The minimum absolute atomic E-state index is 0.257. The molecule has 0 spiro atoms. The van der Waals surface area contributed by atoms with Crippen LogP contribution in [0.15, 0.2) is 36.4 Å². The molecule has 0 saturated carbocycles. The minimum atomic E-state index is -0.257. The number of methoxy groups -OCH3 is 2. The van der Waals surface area contributed by atoms with E-state index in [4.69, 9.17) is 14.5 Å². The lowest BCUT2D eigenvalue weighted by atomic mass is 10.1. The highest BCUT2D eigenvalue weighted by Gasteiger charge is 2.19. The van der Waals surface area contributed by atoms with Gasteiger partial charge in [0.2, 0.25) is 5.95 Å². The molecule has 1 aromatic heterocycles. The summed E-state index contributed by atoms with van der Waals surface area (Å²) in [5, 5.41) is 4.49. The Bertz CT molecular complexity index is 1080. The smallest absolute Gasteiger partial charge is 0.226 e. The minimum Gasteiger partial charge on any atom is -0.497 e. The van der Waals surface area contributed by atoms with Crippen LogP contribution in [-0.4, -0.2) is 49.9 Å². The number of rotatable bonds is 7. The summed E-state index contributed by atoms with van der Waals surface area (Å²) in [6.07, 6.45) is 4.13. The number of fused-ring (bicyclic) bond motifs is 1. The van der Waals surface area contributed by atoms with Gasteiger partial charge in [-0.05, 0) is 69.0 Å². The van der Waals surface area contributed by atoms with Gasteiger partial charge in [0.1, 0.15) is 17.3 Å². The molecule has 1 fully saturated rings. The van der Waals surface area contributed by atoms with E-state index in [1.165, 1.54) is 17.7 Å². The van der Waals surface area contributed by atoms with Crippen LogP contribution in [0.1, 0.15) is 30.5 Å². The van der Waals surface area contributed by atoms with E-state index in [0.717, 1.165) is 79.4 Å². The first-order chi connectivity index (χ1) is 15.6. The van der Waals surface area contributed by atoms with Gasteiger partial charge in [-0.25, -0.2) is 14.4 Å². The summed E-state index contributed by atoms with van der Waals surface area (Å²) in [5.41, 5.74) is 2.78. The molecule has 7 heteroatoms. The number of anilines is 1. The summed E-state index contributed by atoms with van der Waals surface area (Å²) in [6, 6.07) is 11.1. The number of benzene rings is 2. The standard InChI is InChI=1S/C25H31FN4O2/c1-17-22-15-19(26)7-9-23(22)29-25(28-17)30-13-4-5-20(11-14-30)27-12-10-18-6-8-21(31-2)16-24(18)32-3/h6-9,15-16,20,27H,4-5,10-14H2,1-3H3. The van der Waals surface area contributed by atoms with Crippen molar-refractivity contribution in [2.45, 2.75) is 38.6 Å². The van der Waals surface area contributed by atoms with Crippen molar-refractivity contribution in [1.29, 1.82) is 0 Å². The van der Waals surface area contributed by atoms with Crippen molar-refractivity contribution in [3.8, 4) is 11.5 Å². The maximum absolute atomic E-state index is 13.6. The quantitative estimate of drug-likeness (QED) is 0.594. The lowest BCUT2D eigenvalue weighted by Crippen LogP contribution is -2.32. The third kappa shape index (κ3) is 5.10. The summed E-state index contributed by atoms with van der Waals surface area (Å²) >= 11 is 0. The molecule has 1 aliphatic heterocycles. The summed E-state index contributed by atoms with van der Waals surface area (Å²) in [5.74, 6) is 2.15. The first kappa shape index (κ1) is 22.3. The number of aromatic nitrogens is 2. The number of ether oxygens (including phenoxy) is 2. The number of aryl methyl sites for hydroxylation is 1. The Kier molecular flexibility index (Phi) is 7.05. The number of halogens is 1. The molecular formula is C25H31FN4O2. The number of nitrogens with one attached hydrogen (secondary N) is 1. The molecule has 0 radical (unpaired) electrons. The highest BCUT2D eigenvalue weighted by molar-refractivity contribution is 5.81. The zero-order chi connectivity index (χ0) is 22.5. The van der Waals surface area contributed by atoms with Gasteiger partial charge in [-0.1, -0.05) is 6.07 Å². The molecule has 1 N–H and O–H groups in total. The molecule has 1 unspecified atom stereocenters. The molecule has 2 heterocycles. The van der Waals surface area contributed by atoms with Crippen molar-refractivity contribution in [1.82, 2.24) is 15.3 Å². The van der Waals surface area contributed by atoms with Crippen molar-refractivity contribution < 1.29 is 13.9 Å². The van der Waals surface area contributed by atoms with Crippen LogP contribution in [0.2, 0.25) is 0 Å². The van der Waals surface area contributed by atoms with Crippen LogP contribution < -0.4 is 19.7 Å². The normalized spacial score (nSPS) is 16.8. The number of nitrogens with zero attached hydrogens (tertiary/aromatic N) is 3. The lowest BCUT2D eigenvalue weighted by molar-refractivity contribution is 0.390. The van der Waals surface area contributed by atoms with Crippen molar-refractivity contribution >= 4 is 16.9 Å². The highest BCUT2D eigenvalue weighted by Crippen LogP contribution is 2.25. The Balaban J connectivity index is 1.35. The van der Waals surface area contributed by atoms with Crippen LogP contribution in [0, 0.1) is 12.7 Å². The second-order valence-electron chi connectivity index (χ2n) is 8.27. The number of hydrogen-bond acceptors (Lipinski definition) is 6. The highest BCUT2D eigenvalue weighted by atomic mass is 19.1. The molecule has 1 saturated heterocycles. The number of hydrogen-bond donors (Lipinski definition) is 1. The van der Waals surface area contributed by atoms with Crippen LogP contribution in [0.4, 0.5) is 10.3 Å². The molecule has 1 atom stereocenters. The first-order valence-electron chi connectivity index (χ1n) is 11.2. The van der Waals surface area contributed by atoms with E-state index in [2.05, 4.69) is 21.3 Å². The summed E-state index contributed by atoms with van der Waals surface area (Å²) in [7, 11) is 3.36. The monoisotopic (exact) mass is 438 g/mol. The van der Waals surface area contributed by atoms with Gasteiger partial charge < -0.3 is 19.7 Å². The molecule has 3 aromatic rings. The molecule has 1 aliphatic rings. The van der Waals surface area contributed by atoms with E-state index in [9.17, 15) is 4.39 Å². The van der Waals surface area contributed by atoms with E-state index >= 15 is 0 Å². The molecule has 2 aromatic carbocycles. The summed E-state index contributed by atoms with van der Waals surface area (Å²) in [4.78, 5) is 11.6. The Labute approximate surface area is 188 Å². The van der Waals surface area contributed by atoms with Crippen molar-refractivity contribution in [3.05, 3.63) is 53.5 Å². The Morgan fingerprint density at radius 3 is 2.75 bits per heavy atom. The zero-order valence-electron chi connectivity index (χ0n) is 19.0. The molecule has 0 amide bonds. The first-order valence-corrected chi connectivity index (χ1v) is 11.2. The van der Waals surface area contributed by atoms with Crippen molar-refractivity contribution in [2.24, 2.45) is 0 Å². The lowest BCUT2D eigenvalue weighted by Gasteiger charge is -2.21.